The van der Waals surface area contributed by atoms with E-state index in [1.165, 1.54) is 10.7 Å². The highest BCUT2D eigenvalue weighted by atomic mass is 16.2. The Balaban J connectivity index is 2.02. The van der Waals surface area contributed by atoms with E-state index in [0.717, 1.165) is 16.3 Å². The van der Waals surface area contributed by atoms with Gasteiger partial charge in [-0.3, -0.25) is 9.59 Å². The minimum atomic E-state index is -0.294. The van der Waals surface area contributed by atoms with E-state index in [9.17, 15) is 9.59 Å². The highest BCUT2D eigenvalue weighted by Crippen LogP contribution is 2.26. The van der Waals surface area contributed by atoms with Gasteiger partial charge in [0, 0.05) is 17.7 Å². The molecule has 0 spiro atoms. The Bertz CT molecular complexity index is 939. The van der Waals surface area contributed by atoms with Crippen LogP contribution < -0.4 is 10.9 Å². The van der Waals surface area contributed by atoms with Crippen molar-refractivity contribution in [1.82, 2.24) is 15.1 Å². The molecule has 0 aliphatic heterocycles. The number of nitrogens with zero attached hydrogens (tertiary/aromatic N) is 2. The van der Waals surface area contributed by atoms with Gasteiger partial charge in [-0.05, 0) is 30.7 Å². The van der Waals surface area contributed by atoms with Crippen molar-refractivity contribution < 1.29 is 4.79 Å². The minimum Gasteiger partial charge on any atom is -0.352 e. The highest BCUT2D eigenvalue weighted by molar-refractivity contribution is 5.95. The van der Waals surface area contributed by atoms with Gasteiger partial charge in [0.15, 0.2) is 0 Å². The second-order valence-electron chi connectivity index (χ2n) is 5.96. The molecule has 1 aromatic heterocycles. The number of nitrogens with one attached hydrogen (secondary N) is 1. The first-order chi connectivity index (χ1) is 11.5. The van der Waals surface area contributed by atoms with Gasteiger partial charge in [-0.1, -0.05) is 42.5 Å². The predicted octanol–water partition coefficient (Wildman–Crippen LogP) is 2.59. The molecule has 122 valence electrons. The molecule has 1 heterocycles. The van der Waals surface area contributed by atoms with E-state index < -0.39 is 0 Å². The third-order valence-electron chi connectivity index (χ3n) is 3.68. The van der Waals surface area contributed by atoms with Crippen LogP contribution in [0, 0.1) is 0 Å². The normalized spacial score (nSPS) is 11.0. The first kappa shape index (κ1) is 15.9. The molecule has 0 atom stereocenters. The SMILES string of the molecule is CC(C)NC(=O)Cn1nc(-c2cccc3ccccc23)ccc1=O. The van der Waals surface area contributed by atoms with Crippen LogP contribution in [0.3, 0.4) is 0 Å². The summed E-state index contributed by atoms with van der Waals surface area (Å²) in [4.78, 5) is 23.9. The lowest BCUT2D eigenvalue weighted by atomic mass is 10.0. The number of carbonyl (C=O) groups excluding carboxylic acids is 1. The second-order valence-corrected chi connectivity index (χ2v) is 5.96. The van der Waals surface area contributed by atoms with E-state index >= 15 is 0 Å². The molecule has 3 aromatic rings. The minimum absolute atomic E-state index is 0.0226. The number of aromatic nitrogens is 2. The Kier molecular flexibility index (Phi) is 4.42. The zero-order valence-electron chi connectivity index (χ0n) is 13.7. The van der Waals surface area contributed by atoms with Gasteiger partial charge in [-0.25, -0.2) is 4.68 Å². The van der Waals surface area contributed by atoms with Crippen molar-refractivity contribution in [3.63, 3.8) is 0 Å². The molecule has 0 unspecified atom stereocenters. The summed E-state index contributed by atoms with van der Waals surface area (Å²) in [5.74, 6) is -0.227. The van der Waals surface area contributed by atoms with Crippen LogP contribution in [0.4, 0.5) is 0 Å². The summed E-state index contributed by atoms with van der Waals surface area (Å²) in [6.45, 7) is 3.66. The molecule has 2 aromatic carbocycles. The largest absolute Gasteiger partial charge is 0.352 e. The molecule has 3 rings (SSSR count). The van der Waals surface area contributed by atoms with E-state index in [1.54, 1.807) is 6.07 Å². The number of hydrogen-bond donors (Lipinski definition) is 1. The van der Waals surface area contributed by atoms with Crippen molar-refractivity contribution in [2.75, 3.05) is 0 Å². The van der Waals surface area contributed by atoms with Crippen molar-refractivity contribution in [1.29, 1.82) is 0 Å². The molecule has 0 saturated heterocycles. The average molecular weight is 321 g/mol. The Morgan fingerprint density at radius 3 is 2.62 bits per heavy atom. The van der Waals surface area contributed by atoms with Crippen molar-refractivity contribution >= 4 is 16.7 Å². The Morgan fingerprint density at radius 2 is 1.83 bits per heavy atom. The van der Waals surface area contributed by atoms with Crippen LogP contribution in [0.15, 0.2) is 59.4 Å². The van der Waals surface area contributed by atoms with Crippen LogP contribution in [-0.2, 0) is 11.3 Å². The first-order valence-electron chi connectivity index (χ1n) is 7.90. The highest BCUT2D eigenvalue weighted by Gasteiger charge is 2.10. The fourth-order valence-electron chi connectivity index (χ4n) is 2.66. The summed E-state index contributed by atoms with van der Waals surface area (Å²) in [6, 6.07) is 17.1. The molecular formula is C19H19N3O2. The van der Waals surface area contributed by atoms with E-state index in [1.807, 2.05) is 56.3 Å². The quantitative estimate of drug-likeness (QED) is 0.803. The number of rotatable bonds is 4. The zero-order chi connectivity index (χ0) is 17.1. The third kappa shape index (κ3) is 3.35. The Hall–Kier alpha value is -2.95. The van der Waals surface area contributed by atoms with Gasteiger partial charge in [-0.15, -0.1) is 0 Å². The molecule has 0 aliphatic rings. The predicted molar refractivity (Wildman–Crippen MR) is 94.7 cm³/mol. The van der Waals surface area contributed by atoms with Crippen LogP contribution in [0.5, 0.6) is 0 Å². The fourth-order valence-corrected chi connectivity index (χ4v) is 2.66. The fraction of sp³-hybridized carbons (Fsp3) is 0.211. The average Bonchev–Trinajstić information content (AvgIpc) is 2.55. The van der Waals surface area contributed by atoms with Crippen molar-refractivity contribution in [2.45, 2.75) is 26.4 Å². The molecule has 0 fully saturated rings. The maximum atomic E-state index is 12.0. The molecule has 0 radical (unpaired) electrons. The van der Waals surface area contributed by atoms with Gasteiger partial charge >= 0.3 is 0 Å². The molecule has 1 amide bonds. The molecular weight excluding hydrogens is 302 g/mol. The van der Waals surface area contributed by atoms with Gasteiger partial charge in [0.1, 0.15) is 6.54 Å². The van der Waals surface area contributed by atoms with E-state index in [2.05, 4.69) is 10.4 Å². The summed E-state index contributed by atoms with van der Waals surface area (Å²) in [5.41, 5.74) is 1.31. The van der Waals surface area contributed by atoms with Gasteiger partial charge < -0.3 is 5.32 Å². The van der Waals surface area contributed by atoms with E-state index in [0.29, 0.717) is 5.69 Å². The van der Waals surface area contributed by atoms with Crippen LogP contribution in [0.25, 0.3) is 22.0 Å². The van der Waals surface area contributed by atoms with Gasteiger partial charge in [-0.2, -0.15) is 5.10 Å². The van der Waals surface area contributed by atoms with Crippen LogP contribution >= 0.6 is 0 Å². The number of hydrogen-bond acceptors (Lipinski definition) is 3. The molecule has 5 nitrogen and oxygen atoms in total. The Morgan fingerprint density at radius 1 is 1.08 bits per heavy atom. The zero-order valence-corrected chi connectivity index (χ0v) is 13.7. The maximum Gasteiger partial charge on any atom is 0.267 e. The summed E-state index contributed by atoms with van der Waals surface area (Å²) >= 11 is 0. The molecule has 0 bridgehead atoms. The topological polar surface area (TPSA) is 64.0 Å². The molecule has 0 aliphatic carbocycles. The third-order valence-corrected chi connectivity index (χ3v) is 3.68. The summed E-state index contributed by atoms with van der Waals surface area (Å²) in [7, 11) is 0. The van der Waals surface area contributed by atoms with Crippen molar-refractivity contribution in [3.05, 3.63) is 65.0 Å². The Labute approximate surface area is 139 Å². The van der Waals surface area contributed by atoms with Crippen molar-refractivity contribution in [2.24, 2.45) is 0 Å². The second kappa shape index (κ2) is 6.66. The summed E-state index contributed by atoms with van der Waals surface area (Å²) < 4.78 is 1.20. The lowest BCUT2D eigenvalue weighted by Gasteiger charge is -2.11. The van der Waals surface area contributed by atoms with Crippen LogP contribution in [-0.4, -0.2) is 21.7 Å². The van der Waals surface area contributed by atoms with E-state index in [-0.39, 0.29) is 24.1 Å². The first-order valence-corrected chi connectivity index (χ1v) is 7.90. The standard InChI is InChI=1S/C19H19N3O2/c1-13(2)20-18(23)12-22-19(24)11-10-17(21-22)16-9-5-7-14-6-3-4-8-15(14)16/h3-11,13H,12H2,1-2H3,(H,20,23). The lowest BCUT2D eigenvalue weighted by Crippen LogP contribution is -2.36. The lowest BCUT2D eigenvalue weighted by molar-refractivity contribution is -0.122. The molecule has 0 saturated carbocycles. The number of benzene rings is 2. The van der Waals surface area contributed by atoms with Gasteiger partial charge in [0.05, 0.1) is 5.69 Å². The van der Waals surface area contributed by atoms with Gasteiger partial charge in [0.25, 0.3) is 5.56 Å². The summed E-state index contributed by atoms with van der Waals surface area (Å²) in [5, 5.41) is 9.32. The number of carbonyl (C=O) groups is 1. The maximum absolute atomic E-state index is 12.0. The summed E-state index contributed by atoms with van der Waals surface area (Å²) in [6.07, 6.45) is 0. The van der Waals surface area contributed by atoms with Crippen molar-refractivity contribution in [3.8, 4) is 11.3 Å². The van der Waals surface area contributed by atoms with Crippen LogP contribution in [0.2, 0.25) is 0 Å². The number of amides is 1. The molecule has 5 heteroatoms. The van der Waals surface area contributed by atoms with Crippen LogP contribution in [0.1, 0.15) is 13.8 Å². The monoisotopic (exact) mass is 321 g/mol. The molecule has 24 heavy (non-hydrogen) atoms. The molecule has 1 N–H and O–H groups in total. The smallest absolute Gasteiger partial charge is 0.267 e. The van der Waals surface area contributed by atoms with E-state index in [4.69, 9.17) is 0 Å². The van der Waals surface area contributed by atoms with Gasteiger partial charge in [0.2, 0.25) is 5.91 Å². The number of fused-ring (bicyclic) bond motifs is 1.